The lowest BCUT2D eigenvalue weighted by molar-refractivity contribution is 0.284. The smallest absolute Gasteiger partial charge is 0.282 e. The molecule has 0 saturated carbocycles. The largest absolute Gasteiger partial charge is 0.493 e. The van der Waals surface area contributed by atoms with Gasteiger partial charge in [-0.15, -0.1) is 0 Å². The fourth-order valence-corrected chi connectivity index (χ4v) is 4.81. The Bertz CT molecular complexity index is 2020. The highest BCUT2D eigenvalue weighted by molar-refractivity contribution is 6.42. The third kappa shape index (κ3) is 5.52. The van der Waals surface area contributed by atoms with E-state index >= 15 is 0 Å². The molecule has 41 heavy (non-hydrogen) atoms. The summed E-state index contributed by atoms with van der Waals surface area (Å²) < 4.78 is 18.7. The average Bonchev–Trinajstić information content (AvgIpc) is 3.40. The SMILES string of the molecule is COc1cc(C=Nn2c(-c3cc4cc(Cl)ccc4o3)nc3ccccc3c2=O)ccc1OCc1ccc(Cl)c(Cl)c1. The van der Waals surface area contributed by atoms with Crippen LogP contribution in [0.15, 0.2) is 99.2 Å². The normalized spacial score (nSPS) is 11.5. The van der Waals surface area contributed by atoms with Gasteiger partial charge in [-0.05, 0) is 77.9 Å². The number of furan rings is 1. The van der Waals surface area contributed by atoms with Crippen molar-refractivity contribution in [1.29, 1.82) is 0 Å². The monoisotopic (exact) mass is 603 g/mol. The van der Waals surface area contributed by atoms with Crippen LogP contribution in [0.3, 0.4) is 0 Å². The van der Waals surface area contributed by atoms with Gasteiger partial charge < -0.3 is 13.9 Å². The van der Waals surface area contributed by atoms with Crippen LogP contribution >= 0.6 is 34.8 Å². The van der Waals surface area contributed by atoms with E-state index in [0.29, 0.717) is 54.4 Å². The highest BCUT2D eigenvalue weighted by Crippen LogP contribution is 2.31. The Morgan fingerprint density at radius 1 is 0.927 bits per heavy atom. The molecule has 2 aromatic heterocycles. The van der Waals surface area contributed by atoms with Crippen molar-refractivity contribution in [2.75, 3.05) is 7.11 Å². The van der Waals surface area contributed by atoms with Crippen LogP contribution < -0.4 is 15.0 Å². The maximum atomic E-state index is 13.5. The minimum absolute atomic E-state index is 0.255. The first-order valence-electron chi connectivity index (χ1n) is 12.4. The summed E-state index contributed by atoms with van der Waals surface area (Å²) in [6.07, 6.45) is 1.55. The predicted octanol–water partition coefficient (Wildman–Crippen LogP) is 8.24. The number of hydrogen-bond acceptors (Lipinski definition) is 6. The van der Waals surface area contributed by atoms with E-state index < -0.39 is 0 Å². The van der Waals surface area contributed by atoms with Gasteiger partial charge in [-0.1, -0.05) is 53.0 Å². The van der Waals surface area contributed by atoms with Gasteiger partial charge in [0.15, 0.2) is 17.3 Å². The van der Waals surface area contributed by atoms with Crippen molar-refractivity contribution in [2.24, 2.45) is 5.10 Å². The van der Waals surface area contributed by atoms with E-state index in [2.05, 4.69) is 5.10 Å². The number of aromatic nitrogens is 2. The van der Waals surface area contributed by atoms with E-state index in [0.717, 1.165) is 10.9 Å². The topological polar surface area (TPSA) is 78.9 Å². The molecule has 0 fully saturated rings. The van der Waals surface area contributed by atoms with E-state index in [1.54, 1.807) is 86.1 Å². The van der Waals surface area contributed by atoms with Gasteiger partial charge in [-0.3, -0.25) is 4.79 Å². The Balaban J connectivity index is 1.35. The zero-order valence-corrected chi connectivity index (χ0v) is 23.7. The van der Waals surface area contributed by atoms with E-state index in [1.165, 1.54) is 4.68 Å². The van der Waals surface area contributed by atoms with Crippen molar-refractivity contribution in [2.45, 2.75) is 6.61 Å². The number of benzene rings is 4. The fourth-order valence-electron chi connectivity index (χ4n) is 4.31. The van der Waals surface area contributed by atoms with Crippen LogP contribution in [-0.4, -0.2) is 23.0 Å². The van der Waals surface area contributed by atoms with Gasteiger partial charge >= 0.3 is 0 Å². The number of nitrogens with zero attached hydrogens (tertiary/aromatic N) is 3. The van der Waals surface area contributed by atoms with Crippen LogP contribution in [0.4, 0.5) is 0 Å². The summed E-state index contributed by atoms with van der Waals surface area (Å²) in [5, 5.41) is 7.23. The molecule has 0 amide bonds. The summed E-state index contributed by atoms with van der Waals surface area (Å²) in [5.41, 5.74) is 2.33. The molecule has 10 heteroatoms. The second-order valence-corrected chi connectivity index (χ2v) is 10.3. The van der Waals surface area contributed by atoms with Crippen LogP contribution in [0.2, 0.25) is 15.1 Å². The lowest BCUT2D eigenvalue weighted by Gasteiger charge is -2.12. The Hall–Kier alpha value is -4.30. The minimum atomic E-state index is -0.339. The predicted molar refractivity (Wildman–Crippen MR) is 163 cm³/mol. The second kappa shape index (κ2) is 11.3. The van der Waals surface area contributed by atoms with E-state index in [9.17, 15) is 4.79 Å². The standard InChI is InChI=1S/C31H20Cl3N3O4/c1-39-28-13-18(7-10-27(28)40-17-19-6-9-23(33)24(34)12-19)16-35-37-30(36-25-5-3-2-4-22(25)31(37)38)29-15-20-14-21(32)8-11-26(20)41-29/h2-16H,17H2,1H3. The molecule has 0 spiro atoms. The molecule has 7 nitrogen and oxygen atoms in total. The van der Waals surface area contributed by atoms with Gasteiger partial charge in [0.1, 0.15) is 12.2 Å². The molecule has 0 unspecified atom stereocenters. The van der Waals surface area contributed by atoms with Crippen LogP contribution in [0.5, 0.6) is 11.5 Å². The maximum absolute atomic E-state index is 13.5. The summed E-state index contributed by atoms with van der Waals surface area (Å²) in [7, 11) is 1.55. The highest BCUT2D eigenvalue weighted by atomic mass is 35.5. The molecular formula is C31H20Cl3N3O4. The summed E-state index contributed by atoms with van der Waals surface area (Å²) >= 11 is 18.3. The third-order valence-corrected chi connectivity index (χ3v) is 7.31. The lowest BCUT2D eigenvalue weighted by atomic mass is 10.2. The summed E-state index contributed by atoms with van der Waals surface area (Å²) in [4.78, 5) is 18.2. The van der Waals surface area contributed by atoms with Crippen molar-refractivity contribution in [3.8, 4) is 23.1 Å². The number of para-hydroxylation sites is 1. The molecule has 0 bridgehead atoms. The van der Waals surface area contributed by atoms with Crippen LogP contribution in [0.25, 0.3) is 33.5 Å². The van der Waals surface area contributed by atoms with Crippen molar-refractivity contribution < 1.29 is 13.9 Å². The van der Waals surface area contributed by atoms with Gasteiger partial charge in [0.2, 0.25) is 5.82 Å². The molecule has 0 atom stereocenters. The number of halogens is 3. The molecule has 6 aromatic rings. The molecule has 6 rings (SSSR count). The van der Waals surface area contributed by atoms with Crippen molar-refractivity contribution in [3.05, 3.63) is 121 Å². The molecule has 0 radical (unpaired) electrons. The molecule has 0 N–H and O–H groups in total. The Morgan fingerprint density at radius 3 is 2.61 bits per heavy atom. The van der Waals surface area contributed by atoms with E-state index in [-0.39, 0.29) is 18.0 Å². The molecule has 4 aromatic carbocycles. The van der Waals surface area contributed by atoms with Gasteiger partial charge in [-0.2, -0.15) is 9.78 Å². The third-order valence-electron chi connectivity index (χ3n) is 6.34. The molecule has 0 aliphatic rings. The minimum Gasteiger partial charge on any atom is -0.493 e. The summed E-state index contributed by atoms with van der Waals surface area (Å²) in [6, 6.07) is 24.8. The second-order valence-electron chi connectivity index (χ2n) is 9.05. The van der Waals surface area contributed by atoms with Crippen LogP contribution in [-0.2, 0) is 6.61 Å². The number of rotatable bonds is 7. The number of ether oxygens (including phenoxy) is 2. The van der Waals surface area contributed by atoms with Crippen LogP contribution in [0, 0.1) is 0 Å². The first-order valence-corrected chi connectivity index (χ1v) is 13.5. The van der Waals surface area contributed by atoms with Crippen molar-refractivity contribution in [3.63, 3.8) is 0 Å². The highest BCUT2D eigenvalue weighted by Gasteiger charge is 2.17. The molecule has 0 saturated heterocycles. The molecule has 0 aliphatic carbocycles. The molecule has 204 valence electrons. The molecular weight excluding hydrogens is 585 g/mol. The number of methoxy groups -OCH3 is 1. The van der Waals surface area contributed by atoms with E-state index in [4.69, 9.17) is 53.7 Å². The average molecular weight is 605 g/mol. The Labute approximate surface area is 249 Å². The zero-order chi connectivity index (χ0) is 28.5. The Kier molecular flexibility index (Phi) is 7.41. The summed E-state index contributed by atoms with van der Waals surface area (Å²) in [5.74, 6) is 1.66. The lowest BCUT2D eigenvalue weighted by Crippen LogP contribution is -2.20. The number of fused-ring (bicyclic) bond motifs is 2. The zero-order valence-electron chi connectivity index (χ0n) is 21.5. The van der Waals surface area contributed by atoms with Gasteiger partial charge in [0.05, 0.1) is 34.3 Å². The first kappa shape index (κ1) is 26.9. The number of hydrogen-bond donors (Lipinski definition) is 0. The van der Waals surface area contributed by atoms with E-state index in [1.807, 2.05) is 12.1 Å². The summed E-state index contributed by atoms with van der Waals surface area (Å²) in [6.45, 7) is 0.269. The maximum Gasteiger partial charge on any atom is 0.282 e. The van der Waals surface area contributed by atoms with Crippen LogP contribution in [0.1, 0.15) is 11.1 Å². The van der Waals surface area contributed by atoms with Gasteiger partial charge in [0.25, 0.3) is 5.56 Å². The van der Waals surface area contributed by atoms with Crippen molar-refractivity contribution in [1.82, 2.24) is 9.66 Å². The molecule has 0 aliphatic heterocycles. The first-order chi connectivity index (χ1) is 19.9. The quantitative estimate of drug-likeness (QED) is 0.172. The Morgan fingerprint density at radius 2 is 1.78 bits per heavy atom. The van der Waals surface area contributed by atoms with Crippen molar-refractivity contribution >= 4 is 62.9 Å². The van der Waals surface area contributed by atoms with Gasteiger partial charge in [0, 0.05) is 10.4 Å². The van der Waals surface area contributed by atoms with Gasteiger partial charge in [-0.25, -0.2) is 4.98 Å². The fraction of sp³-hybridized carbons (Fsp3) is 0.0645. The molecule has 2 heterocycles.